The Morgan fingerprint density at radius 2 is 2.35 bits per heavy atom. The fourth-order valence-electron chi connectivity index (χ4n) is 2.26. The van der Waals surface area contributed by atoms with Gasteiger partial charge in [-0.3, -0.25) is 4.79 Å². The predicted octanol–water partition coefficient (Wildman–Crippen LogP) is 0.589. The van der Waals surface area contributed by atoms with Gasteiger partial charge in [0.2, 0.25) is 0 Å². The van der Waals surface area contributed by atoms with Gasteiger partial charge < -0.3 is 25.2 Å². The third-order valence-corrected chi connectivity index (χ3v) is 3.48. The minimum atomic E-state index is -0.240. The van der Waals surface area contributed by atoms with E-state index in [2.05, 4.69) is 0 Å². The highest BCUT2D eigenvalue weighted by Gasteiger charge is 2.31. The van der Waals surface area contributed by atoms with Crippen LogP contribution >= 0.6 is 0 Å². The fraction of sp³-hybridized carbons (Fsp3) is 0.500. The summed E-state index contributed by atoms with van der Waals surface area (Å²) in [7, 11) is 1.45. The van der Waals surface area contributed by atoms with E-state index in [1.165, 1.54) is 7.11 Å². The van der Waals surface area contributed by atoms with E-state index >= 15 is 0 Å². The lowest BCUT2D eigenvalue weighted by molar-refractivity contribution is -0.0426. The maximum Gasteiger partial charge on any atom is 0.258 e. The van der Waals surface area contributed by atoms with Gasteiger partial charge in [0.15, 0.2) is 11.5 Å². The molecule has 1 aliphatic heterocycles. The fourth-order valence-corrected chi connectivity index (χ4v) is 2.26. The van der Waals surface area contributed by atoms with Gasteiger partial charge in [-0.05, 0) is 19.1 Å². The summed E-state index contributed by atoms with van der Waals surface area (Å²) in [4.78, 5) is 14.3. The van der Waals surface area contributed by atoms with Gasteiger partial charge in [-0.2, -0.15) is 0 Å². The Balaban J connectivity index is 2.26. The monoisotopic (exact) mass is 280 g/mol. The number of ether oxygens (including phenoxy) is 2. The predicted molar refractivity (Wildman–Crippen MR) is 74.0 cm³/mol. The molecule has 1 aromatic carbocycles. The first-order chi connectivity index (χ1) is 9.58. The molecule has 3 N–H and O–H groups in total. The summed E-state index contributed by atoms with van der Waals surface area (Å²) < 4.78 is 10.6. The third kappa shape index (κ3) is 2.71. The van der Waals surface area contributed by atoms with Crippen molar-refractivity contribution in [3.05, 3.63) is 23.8 Å². The Hall–Kier alpha value is -1.79. The molecule has 6 heteroatoms. The van der Waals surface area contributed by atoms with E-state index in [0.29, 0.717) is 19.7 Å². The molecule has 20 heavy (non-hydrogen) atoms. The number of aromatic hydroxyl groups is 1. The van der Waals surface area contributed by atoms with E-state index in [0.717, 1.165) is 0 Å². The van der Waals surface area contributed by atoms with Crippen LogP contribution in [0.2, 0.25) is 0 Å². The number of methoxy groups -OCH3 is 1. The Morgan fingerprint density at radius 3 is 3.00 bits per heavy atom. The Labute approximate surface area is 118 Å². The third-order valence-electron chi connectivity index (χ3n) is 3.48. The summed E-state index contributed by atoms with van der Waals surface area (Å²) in [6, 6.07) is 4.81. The number of carbonyl (C=O) groups excluding carboxylic acids is 1. The summed E-state index contributed by atoms with van der Waals surface area (Å²) in [5.41, 5.74) is 5.82. The second-order valence-electron chi connectivity index (χ2n) is 4.85. The number of carbonyl (C=O) groups is 1. The molecule has 110 valence electrons. The highest BCUT2D eigenvalue weighted by molar-refractivity contribution is 5.97. The number of rotatable bonds is 3. The smallest absolute Gasteiger partial charge is 0.258 e. The minimum absolute atomic E-state index is 0.0594. The second-order valence-corrected chi connectivity index (χ2v) is 4.85. The molecule has 1 amide bonds. The van der Waals surface area contributed by atoms with Crippen LogP contribution in [0.15, 0.2) is 18.2 Å². The van der Waals surface area contributed by atoms with E-state index in [-0.39, 0.29) is 35.1 Å². The first kappa shape index (κ1) is 14.6. The summed E-state index contributed by atoms with van der Waals surface area (Å²) in [6.07, 6.45) is -0.164. The Bertz CT molecular complexity index is 492. The number of para-hydroxylation sites is 1. The van der Waals surface area contributed by atoms with Gasteiger partial charge >= 0.3 is 0 Å². The van der Waals surface area contributed by atoms with Crippen molar-refractivity contribution in [1.82, 2.24) is 4.90 Å². The SMILES string of the molecule is COc1cccc(C(=O)N2CC(CN)OCC2C)c1O. The van der Waals surface area contributed by atoms with Gasteiger partial charge in [0.05, 0.1) is 31.4 Å². The van der Waals surface area contributed by atoms with Gasteiger partial charge in [0.25, 0.3) is 5.91 Å². The van der Waals surface area contributed by atoms with Crippen molar-refractivity contribution in [2.75, 3.05) is 26.8 Å². The molecule has 6 nitrogen and oxygen atoms in total. The first-order valence-electron chi connectivity index (χ1n) is 6.57. The molecule has 1 fully saturated rings. The Kier molecular flexibility index (Phi) is 4.46. The quantitative estimate of drug-likeness (QED) is 0.846. The van der Waals surface area contributed by atoms with Crippen LogP contribution in [0.25, 0.3) is 0 Å². The number of hydrogen-bond acceptors (Lipinski definition) is 5. The van der Waals surface area contributed by atoms with Crippen LogP contribution in [0.5, 0.6) is 11.5 Å². The number of nitrogens with zero attached hydrogens (tertiary/aromatic N) is 1. The molecule has 1 aliphatic rings. The topological polar surface area (TPSA) is 85.0 Å². The standard InChI is InChI=1S/C14H20N2O4/c1-9-8-20-10(6-15)7-16(9)14(18)11-4-3-5-12(19-2)13(11)17/h3-5,9-10,17H,6-8,15H2,1-2H3. The van der Waals surface area contributed by atoms with Crippen molar-refractivity contribution in [2.24, 2.45) is 5.73 Å². The van der Waals surface area contributed by atoms with Crippen LogP contribution < -0.4 is 10.5 Å². The number of phenolic OH excluding ortho intramolecular Hbond substituents is 1. The maximum atomic E-state index is 12.6. The molecule has 0 spiro atoms. The van der Waals surface area contributed by atoms with Crippen LogP contribution in [0.3, 0.4) is 0 Å². The van der Waals surface area contributed by atoms with Gasteiger partial charge in [0.1, 0.15) is 0 Å². The minimum Gasteiger partial charge on any atom is -0.504 e. The van der Waals surface area contributed by atoms with Gasteiger partial charge in [-0.15, -0.1) is 0 Å². The molecule has 0 saturated carbocycles. The summed E-state index contributed by atoms with van der Waals surface area (Å²) in [6.45, 7) is 3.13. The highest BCUT2D eigenvalue weighted by Crippen LogP contribution is 2.31. The molecule has 2 atom stereocenters. The van der Waals surface area contributed by atoms with E-state index in [4.69, 9.17) is 15.2 Å². The van der Waals surface area contributed by atoms with Crippen LogP contribution in [0.1, 0.15) is 17.3 Å². The van der Waals surface area contributed by atoms with Gasteiger partial charge in [0, 0.05) is 13.1 Å². The summed E-state index contributed by atoms with van der Waals surface area (Å²) >= 11 is 0. The lowest BCUT2D eigenvalue weighted by Gasteiger charge is -2.37. The molecule has 0 bridgehead atoms. The van der Waals surface area contributed by atoms with E-state index in [1.54, 1.807) is 23.1 Å². The number of hydrogen-bond donors (Lipinski definition) is 2. The van der Waals surface area contributed by atoms with Crippen LogP contribution in [0.4, 0.5) is 0 Å². The number of morpholine rings is 1. The molecule has 1 aromatic rings. The first-order valence-corrected chi connectivity index (χ1v) is 6.57. The van der Waals surface area contributed by atoms with Gasteiger partial charge in [-0.25, -0.2) is 0 Å². The van der Waals surface area contributed by atoms with Crippen molar-refractivity contribution in [2.45, 2.75) is 19.1 Å². The van der Waals surface area contributed by atoms with Crippen molar-refractivity contribution in [3.8, 4) is 11.5 Å². The zero-order valence-corrected chi connectivity index (χ0v) is 11.7. The average molecular weight is 280 g/mol. The van der Waals surface area contributed by atoms with Crippen molar-refractivity contribution >= 4 is 5.91 Å². The molecule has 1 saturated heterocycles. The lowest BCUT2D eigenvalue weighted by atomic mass is 10.1. The second kappa shape index (κ2) is 6.11. The normalized spacial score (nSPS) is 22.6. The number of benzene rings is 1. The number of phenols is 1. The highest BCUT2D eigenvalue weighted by atomic mass is 16.5. The van der Waals surface area contributed by atoms with Crippen molar-refractivity contribution < 1.29 is 19.4 Å². The van der Waals surface area contributed by atoms with Gasteiger partial charge in [-0.1, -0.05) is 6.07 Å². The van der Waals surface area contributed by atoms with E-state index in [1.807, 2.05) is 6.92 Å². The summed E-state index contributed by atoms with van der Waals surface area (Å²) in [5.74, 6) is -0.0919. The molecular formula is C14H20N2O4. The molecular weight excluding hydrogens is 260 g/mol. The summed E-state index contributed by atoms with van der Waals surface area (Å²) in [5, 5.41) is 10.1. The van der Waals surface area contributed by atoms with Crippen LogP contribution in [0, 0.1) is 0 Å². The molecule has 0 aliphatic carbocycles. The zero-order valence-electron chi connectivity index (χ0n) is 11.7. The number of nitrogens with two attached hydrogens (primary N) is 1. The van der Waals surface area contributed by atoms with Crippen molar-refractivity contribution in [3.63, 3.8) is 0 Å². The average Bonchev–Trinajstić information content (AvgIpc) is 2.47. The molecule has 0 radical (unpaired) electrons. The van der Waals surface area contributed by atoms with Crippen LogP contribution in [-0.2, 0) is 4.74 Å². The molecule has 2 rings (SSSR count). The van der Waals surface area contributed by atoms with E-state index in [9.17, 15) is 9.90 Å². The largest absolute Gasteiger partial charge is 0.504 e. The Morgan fingerprint density at radius 1 is 1.60 bits per heavy atom. The maximum absolute atomic E-state index is 12.6. The number of amides is 1. The van der Waals surface area contributed by atoms with E-state index < -0.39 is 0 Å². The molecule has 2 unspecified atom stereocenters. The molecule has 1 heterocycles. The lowest BCUT2D eigenvalue weighted by Crippen LogP contribution is -2.52. The van der Waals surface area contributed by atoms with Crippen molar-refractivity contribution in [1.29, 1.82) is 0 Å². The zero-order chi connectivity index (χ0) is 14.7. The molecule has 0 aromatic heterocycles. The van der Waals surface area contributed by atoms with Crippen LogP contribution in [-0.4, -0.2) is 54.9 Å².